The molecular formula is C24H33NO2. The molecule has 27 heavy (non-hydrogen) atoms. The van der Waals surface area contributed by atoms with E-state index in [9.17, 15) is 9.90 Å². The maximum absolute atomic E-state index is 11.4. The molecule has 3 aromatic rings. The number of benzene rings is 2. The van der Waals surface area contributed by atoms with Gasteiger partial charge in [0.05, 0.1) is 16.8 Å². The highest BCUT2D eigenvalue weighted by Crippen LogP contribution is 2.51. The Morgan fingerprint density at radius 3 is 2.07 bits per heavy atom. The normalized spacial score (nSPS) is 12.3. The van der Waals surface area contributed by atoms with Gasteiger partial charge >= 0.3 is 5.97 Å². The van der Waals surface area contributed by atoms with Crippen LogP contribution >= 0.6 is 0 Å². The van der Waals surface area contributed by atoms with Gasteiger partial charge in [0.25, 0.3) is 0 Å². The number of H-pyrrole nitrogens is 1. The molecule has 2 N–H and O–H groups in total. The van der Waals surface area contributed by atoms with Gasteiger partial charge in [-0.3, -0.25) is 0 Å². The zero-order valence-corrected chi connectivity index (χ0v) is 17.9. The minimum atomic E-state index is -0.897. The van der Waals surface area contributed by atoms with Gasteiger partial charge in [0.2, 0.25) is 0 Å². The van der Waals surface area contributed by atoms with Crippen LogP contribution in [-0.2, 0) is 5.41 Å². The lowest BCUT2D eigenvalue weighted by Crippen LogP contribution is -2.14. The Morgan fingerprint density at radius 2 is 1.48 bits per heavy atom. The molecule has 0 unspecified atom stereocenters. The summed E-state index contributed by atoms with van der Waals surface area (Å²) in [6.45, 7) is 16.4. The molecule has 1 aliphatic carbocycles. The number of nitrogens with one attached hydrogen (secondary N) is 1. The van der Waals surface area contributed by atoms with Crippen LogP contribution in [0, 0.1) is 0 Å². The molecule has 1 aromatic heterocycles. The molecular weight excluding hydrogens is 334 g/mol. The summed E-state index contributed by atoms with van der Waals surface area (Å²) < 4.78 is 0. The summed E-state index contributed by atoms with van der Waals surface area (Å²) in [6, 6.07) is 13.8. The highest BCUT2D eigenvalue weighted by atomic mass is 16.4. The molecule has 2 aromatic carbocycles. The highest BCUT2D eigenvalue weighted by Gasteiger charge is 2.38. The molecule has 0 amide bonds. The first-order chi connectivity index (χ1) is 13.0. The van der Waals surface area contributed by atoms with Crippen molar-refractivity contribution in [2.45, 2.75) is 60.8 Å². The Balaban J connectivity index is 0.000000556. The van der Waals surface area contributed by atoms with Gasteiger partial charge in [-0.15, -0.1) is 0 Å². The van der Waals surface area contributed by atoms with E-state index >= 15 is 0 Å². The number of aromatic carboxylic acids is 1. The average molecular weight is 368 g/mol. The smallest absolute Gasteiger partial charge is 0.337 e. The number of carboxylic acid groups (broad SMARTS) is 1. The van der Waals surface area contributed by atoms with Crippen LogP contribution in [0.15, 0.2) is 42.5 Å². The molecule has 0 saturated carbocycles. The van der Waals surface area contributed by atoms with Gasteiger partial charge in [-0.1, -0.05) is 91.8 Å². The van der Waals surface area contributed by atoms with E-state index in [0.717, 1.165) is 16.6 Å². The van der Waals surface area contributed by atoms with E-state index in [1.807, 2.05) is 59.7 Å². The van der Waals surface area contributed by atoms with Crippen LogP contribution in [0.5, 0.6) is 0 Å². The van der Waals surface area contributed by atoms with E-state index in [1.165, 1.54) is 16.7 Å². The maximum Gasteiger partial charge on any atom is 0.337 e. The molecule has 0 aliphatic heterocycles. The topological polar surface area (TPSA) is 53.1 Å². The fourth-order valence-corrected chi connectivity index (χ4v) is 3.63. The van der Waals surface area contributed by atoms with Crippen LogP contribution in [-0.4, -0.2) is 16.1 Å². The first-order valence-electron chi connectivity index (χ1n) is 10.00. The van der Waals surface area contributed by atoms with E-state index in [1.54, 1.807) is 6.07 Å². The molecule has 0 radical (unpaired) electrons. The van der Waals surface area contributed by atoms with Crippen molar-refractivity contribution < 1.29 is 9.90 Å². The van der Waals surface area contributed by atoms with E-state index in [2.05, 4.69) is 37.0 Å². The van der Waals surface area contributed by atoms with Crippen LogP contribution in [0.25, 0.3) is 22.2 Å². The van der Waals surface area contributed by atoms with Crippen molar-refractivity contribution in [2.24, 2.45) is 0 Å². The second-order valence-electron chi connectivity index (χ2n) is 6.08. The predicted octanol–water partition coefficient (Wildman–Crippen LogP) is 7.25. The van der Waals surface area contributed by atoms with Gasteiger partial charge in [0.15, 0.2) is 0 Å². The van der Waals surface area contributed by atoms with E-state index in [0.29, 0.717) is 5.56 Å². The number of rotatable bonds is 1. The lowest BCUT2D eigenvalue weighted by molar-refractivity contribution is 0.0699. The van der Waals surface area contributed by atoms with Crippen LogP contribution < -0.4 is 0 Å². The molecule has 0 saturated heterocycles. The zero-order chi connectivity index (χ0) is 20.8. The second-order valence-corrected chi connectivity index (χ2v) is 6.08. The van der Waals surface area contributed by atoms with Crippen LogP contribution in [0.4, 0.5) is 0 Å². The van der Waals surface area contributed by atoms with Gasteiger partial charge in [-0.25, -0.2) is 4.79 Å². The molecule has 4 rings (SSSR count). The van der Waals surface area contributed by atoms with E-state index < -0.39 is 5.97 Å². The van der Waals surface area contributed by atoms with Gasteiger partial charge in [-0.2, -0.15) is 0 Å². The zero-order valence-electron chi connectivity index (χ0n) is 17.9. The first kappa shape index (κ1) is 22.5. The lowest BCUT2D eigenvalue weighted by Gasteiger charge is -2.21. The summed E-state index contributed by atoms with van der Waals surface area (Å²) in [7, 11) is 0. The van der Waals surface area contributed by atoms with Gasteiger partial charge in [-0.05, 0) is 17.2 Å². The fraction of sp³-hybridized carbons (Fsp3) is 0.375. The molecule has 1 aliphatic rings. The van der Waals surface area contributed by atoms with Crippen molar-refractivity contribution in [3.05, 3.63) is 59.2 Å². The summed E-state index contributed by atoms with van der Waals surface area (Å²) in [5.41, 5.74) is 5.63. The number of aromatic nitrogens is 1. The number of fused-ring (bicyclic) bond motifs is 5. The summed E-state index contributed by atoms with van der Waals surface area (Å²) >= 11 is 0. The van der Waals surface area contributed by atoms with Crippen molar-refractivity contribution >= 4 is 16.9 Å². The minimum Gasteiger partial charge on any atom is -0.478 e. The summed E-state index contributed by atoms with van der Waals surface area (Å²) in [4.78, 5) is 14.8. The van der Waals surface area contributed by atoms with Gasteiger partial charge in [0.1, 0.15) is 0 Å². The number of carboxylic acids is 1. The fourth-order valence-electron chi connectivity index (χ4n) is 3.63. The summed E-state index contributed by atoms with van der Waals surface area (Å²) in [6.07, 6.45) is 0. The van der Waals surface area contributed by atoms with Crippen molar-refractivity contribution in [1.82, 2.24) is 4.98 Å². The molecule has 3 heteroatoms. The Bertz CT molecular complexity index is 904. The van der Waals surface area contributed by atoms with Crippen molar-refractivity contribution in [3.63, 3.8) is 0 Å². The molecule has 1 heterocycles. The predicted molar refractivity (Wildman–Crippen MR) is 117 cm³/mol. The van der Waals surface area contributed by atoms with E-state index in [-0.39, 0.29) is 5.41 Å². The second kappa shape index (κ2) is 9.40. The number of para-hydroxylation sites is 1. The van der Waals surface area contributed by atoms with E-state index in [4.69, 9.17) is 0 Å². The lowest BCUT2D eigenvalue weighted by atomic mass is 9.81. The first-order valence-corrected chi connectivity index (χ1v) is 10.00. The van der Waals surface area contributed by atoms with Crippen molar-refractivity contribution in [2.75, 3.05) is 0 Å². The summed E-state index contributed by atoms with van der Waals surface area (Å²) in [5, 5.41) is 10.4. The Kier molecular flexibility index (Phi) is 7.83. The number of aromatic amines is 1. The monoisotopic (exact) mass is 367 g/mol. The van der Waals surface area contributed by atoms with Crippen LogP contribution in [0.1, 0.15) is 76.9 Å². The number of carbonyl (C=O) groups is 1. The Morgan fingerprint density at radius 1 is 0.889 bits per heavy atom. The van der Waals surface area contributed by atoms with Gasteiger partial charge < -0.3 is 10.1 Å². The Labute approximate surface area is 163 Å². The average Bonchev–Trinajstić information content (AvgIpc) is 3.21. The van der Waals surface area contributed by atoms with Crippen molar-refractivity contribution in [1.29, 1.82) is 0 Å². The summed E-state index contributed by atoms with van der Waals surface area (Å²) in [5.74, 6) is -0.897. The van der Waals surface area contributed by atoms with Crippen LogP contribution in [0.2, 0.25) is 0 Å². The Hall–Kier alpha value is -2.55. The highest BCUT2D eigenvalue weighted by molar-refractivity contribution is 6.07. The molecule has 3 nitrogen and oxygen atoms in total. The molecule has 0 fully saturated rings. The number of hydrogen-bond donors (Lipinski definition) is 2. The number of hydrogen-bond acceptors (Lipinski definition) is 1. The third kappa shape index (κ3) is 3.64. The molecule has 146 valence electrons. The maximum atomic E-state index is 11.4. The van der Waals surface area contributed by atoms with Gasteiger partial charge in [0, 0.05) is 16.4 Å². The van der Waals surface area contributed by atoms with Crippen molar-refractivity contribution in [3.8, 4) is 11.3 Å². The quantitative estimate of drug-likeness (QED) is 0.476. The molecule has 0 bridgehead atoms. The SMILES string of the molecule is CC.CC.CC.CC1(C)c2ccccc2-c2[nH]c3c(C(=O)O)cccc3c21. The standard InChI is InChI=1S/C18H15NO2.3C2H6/c1-18(2)13-9-4-3-6-10(13)16-14(18)11-7-5-8-12(17(20)21)15(11)19-16;3*1-2/h3-9,19H,1-2H3,(H,20,21);3*1-2H3. The molecule has 0 atom stereocenters. The minimum absolute atomic E-state index is 0.124. The molecule has 0 spiro atoms. The largest absolute Gasteiger partial charge is 0.478 e. The third-order valence-corrected chi connectivity index (χ3v) is 4.56. The third-order valence-electron chi connectivity index (χ3n) is 4.56. The van der Waals surface area contributed by atoms with Crippen LogP contribution in [0.3, 0.4) is 0 Å².